The van der Waals surface area contributed by atoms with Crippen molar-refractivity contribution in [3.05, 3.63) is 29.6 Å². The van der Waals surface area contributed by atoms with Gasteiger partial charge in [-0.2, -0.15) is 17.6 Å². The van der Waals surface area contributed by atoms with Gasteiger partial charge in [0.1, 0.15) is 5.52 Å². The average Bonchev–Trinajstić information content (AvgIpc) is 2.84. The Kier molecular flexibility index (Phi) is 4.64. The smallest absolute Gasteiger partial charge is 0.420 e. The molecule has 0 aliphatic heterocycles. The minimum atomic E-state index is -4.50. The molecule has 0 fully saturated rings. The molecule has 1 aromatic heterocycles. The summed E-state index contributed by atoms with van der Waals surface area (Å²) >= 11 is 9.35. The van der Waals surface area contributed by atoms with Gasteiger partial charge in [-0.05, 0) is 35.3 Å². The van der Waals surface area contributed by atoms with Crippen LogP contribution in [0.5, 0.6) is 0 Å². The maximum Gasteiger partial charge on any atom is 0.420 e. The van der Waals surface area contributed by atoms with Gasteiger partial charge < -0.3 is 9.57 Å². The number of fused-ring (bicyclic) bond motifs is 1. The van der Waals surface area contributed by atoms with E-state index in [1.807, 2.05) is 0 Å². The van der Waals surface area contributed by atoms with Crippen LogP contribution < -0.4 is 4.84 Å². The van der Waals surface area contributed by atoms with E-state index >= 15 is 0 Å². The summed E-state index contributed by atoms with van der Waals surface area (Å²) in [5, 5.41) is -8.70. The van der Waals surface area contributed by atoms with Crippen molar-refractivity contribution in [2.45, 2.75) is 10.8 Å². The zero-order valence-corrected chi connectivity index (χ0v) is 13.0. The number of aromatic nitrogens is 2. The van der Waals surface area contributed by atoms with E-state index in [1.54, 1.807) is 0 Å². The van der Waals surface area contributed by atoms with Crippen LogP contribution in [0, 0.1) is 0 Å². The first-order chi connectivity index (χ1) is 11.0. The van der Waals surface area contributed by atoms with Crippen LogP contribution in [-0.2, 0) is 14.9 Å². The molecule has 0 spiro atoms. The molecule has 0 radical (unpaired) electrons. The summed E-state index contributed by atoms with van der Waals surface area (Å²) in [5.74, 6) is -4.78. The highest BCUT2D eigenvalue weighted by atomic mass is 35.5. The largest absolute Gasteiger partial charge is 0.465 e. The van der Waals surface area contributed by atoms with Crippen molar-refractivity contribution in [2.75, 3.05) is 7.11 Å². The summed E-state index contributed by atoms with van der Waals surface area (Å²) in [6.45, 7) is 0. The third-order valence-electron chi connectivity index (χ3n) is 2.70. The molecule has 2 aromatic rings. The standard InChI is InChI=1S/C12H6Cl2F4N2O4/c1-23-8(21)5-3-2-4-6-7(5)20(9(19-6)11(13,15)16)24-10(22)12(14,17)18/h2-4H,1H3. The molecular weight excluding hydrogens is 383 g/mol. The van der Waals surface area contributed by atoms with Gasteiger partial charge in [-0.25, -0.2) is 14.6 Å². The van der Waals surface area contributed by atoms with Crippen molar-refractivity contribution < 1.29 is 36.7 Å². The Morgan fingerprint density at radius 3 is 2.33 bits per heavy atom. The molecule has 0 saturated heterocycles. The van der Waals surface area contributed by atoms with Crippen molar-refractivity contribution in [3.63, 3.8) is 0 Å². The fourth-order valence-corrected chi connectivity index (χ4v) is 1.93. The predicted octanol–water partition coefficient (Wildman–Crippen LogP) is 2.90. The zero-order valence-electron chi connectivity index (χ0n) is 11.5. The molecule has 0 saturated carbocycles. The van der Waals surface area contributed by atoms with Crippen LogP contribution in [0.1, 0.15) is 16.2 Å². The van der Waals surface area contributed by atoms with Gasteiger partial charge in [-0.3, -0.25) is 0 Å². The third-order valence-corrected chi connectivity index (χ3v) is 3.02. The number of benzene rings is 1. The van der Waals surface area contributed by atoms with Gasteiger partial charge in [0.2, 0.25) is 5.82 Å². The highest BCUT2D eigenvalue weighted by Crippen LogP contribution is 2.35. The van der Waals surface area contributed by atoms with Crippen molar-refractivity contribution in [2.24, 2.45) is 0 Å². The molecule has 0 bridgehead atoms. The van der Waals surface area contributed by atoms with E-state index in [4.69, 9.17) is 11.6 Å². The second-order valence-electron chi connectivity index (χ2n) is 4.27. The molecule has 1 aromatic carbocycles. The summed E-state index contributed by atoms with van der Waals surface area (Å²) in [5.41, 5.74) is -1.17. The highest BCUT2D eigenvalue weighted by molar-refractivity contribution is 6.31. The Hall–Kier alpha value is -2.07. The molecule has 130 valence electrons. The first kappa shape index (κ1) is 18.3. The van der Waals surface area contributed by atoms with Crippen LogP contribution in [0.4, 0.5) is 17.6 Å². The van der Waals surface area contributed by atoms with Crippen LogP contribution in [0.3, 0.4) is 0 Å². The quantitative estimate of drug-likeness (QED) is 0.457. The number of ether oxygens (including phenoxy) is 1. The fraction of sp³-hybridized carbons (Fsp3) is 0.250. The van der Waals surface area contributed by atoms with E-state index in [0.717, 1.165) is 19.2 Å². The number of carbonyl (C=O) groups excluding carboxylic acids is 2. The molecule has 12 heteroatoms. The number of halogens is 6. The highest BCUT2D eigenvalue weighted by Gasteiger charge is 2.43. The molecule has 24 heavy (non-hydrogen) atoms. The van der Waals surface area contributed by atoms with Gasteiger partial charge in [0, 0.05) is 0 Å². The molecule has 2 rings (SSSR count). The summed E-state index contributed by atoms with van der Waals surface area (Å²) in [6, 6.07) is 3.55. The third kappa shape index (κ3) is 3.39. The number of para-hydroxylation sites is 1. The van der Waals surface area contributed by atoms with Crippen LogP contribution in [0.15, 0.2) is 18.2 Å². The molecule has 0 amide bonds. The van der Waals surface area contributed by atoms with Gasteiger partial charge in [0.25, 0.3) is 0 Å². The van der Waals surface area contributed by atoms with E-state index in [0.29, 0.717) is 0 Å². The Labute approximate surface area is 140 Å². The maximum absolute atomic E-state index is 13.5. The van der Waals surface area contributed by atoms with Crippen LogP contribution in [0.25, 0.3) is 11.0 Å². The summed E-state index contributed by atoms with van der Waals surface area (Å²) in [6.07, 6.45) is 0. The lowest BCUT2D eigenvalue weighted by Gasteiger charge is -2.14. The van der Waals surface area contributed by atoms with Gasteiger partial charge in [0.05, 0.1) is 18.2 Å². The number of esters is 1. The topological polar surface area (TPSA) is 70.4 Å². The normalized spacial score (nSPS) is 12.3. The molecule has 0 N–H and O–H groups in total. The van der Waals surface area contributed by atoms with Gasteiger partial charge in [0.15, 0.2) is 0 Å². The number of carbonyl (C=O) groups is 2. The van der Waals surface area contributed by atoms with Crippen LogP contribution in [0.2, 0.25) is 0 Å². The lowest BCUT2D eigenvalue weighted by Crippen LogP contribution is -2.34. The second kappa shape index (κ2) is 6.10. The first-order valence-corrected chi connectivity index (χ1v) is 6.69. The fourth-order valence-electron chi connectivity index (χ4n) is 1.78. The van der Waals surface area contributed by atoms with E-state index in [2.05, 4.69) is 26.2 Å². The molecule has 0 aliphatic rings. The monoisotopic (exact) mass is 388 g/mol. The number of hydrogen-bond acceptors (Lipinski definition) is 5. The average molecular weight is 389 g/mol. The number of nitrogens with zero attached hydrogens (tertiary/aromatic N) is 2. The summed E-state index contributed by atoms with van der Waals surface area (Å²) in [4.78, 5) is 30.6. The summed E-state index contributed by atoms with van der Waals surface area (Å²) in [7, 11) is 0.998. The van der Waals surface area contributed by atoms with Crippen LogP contribution in [-0.4, -0.2) is 34.1 Å². The summed E-state index contributed by atoms with van der Waals surface area (Å²) < 4.78 is 56.9. The van der Waals surface area contributed by atoms with E-state index in [-0.39, 0.29) is 15.8 Å². The number of imidazole rings is 1. The van der Waals surface area contributed by atoms with Gasteiger partial charge in [-0.15, -0.1) is 4.73 Å². The Balaban J connectivity index is 2.77. The minimum Gasteiger partial charge on any atom is -0.465 e. The molecule has 6 nitrogen and oxygen atoms in total. The number of alkyl halides is 6. The van der Waals surface area contributed by atoms with Crippen molar-refractivity contribution >= 4 is 46.2 Å². The Morgan fingerprint density at radius 2 is 1.83 bits per heavy atom. The van der Waals surface area contributed by atoms with Crippen molar-refractivity contribution in [1.29, 1.82) is 0 Å². The first-order valence-electron chi connectivity index (χ1n) is 5.93. The maximum atomic E-state index is 13.5. The Bertz CT molecular complexity index is 814. The van der Waals surface area contributed by atoms with E-state index in [1.165, 1.54) is 6.07 Å². The van der Waals surface area contributed by atoms with E-state index in [9.17, 15) is 27.2 Å². The van der Waals surface area contributed by atoms with Gasteiger partial charge in [-0.1, -0.05) is 6.07 Å². The molecule has 1 heterocycles. The molecule has 0 aliphatic carbocycles. The van der Waals surface area contributed by atoms with Crippen molar-refractivity contribution in [1.82, 2.24) is 9.71 Å². The molecular formula is C12H6Cl2F4N2O4. The Morgan fingerprint density at radius 1 is 1.21 bits per heavy atom. The number of hydrogen-bond donors (Lipinski definition) is 0. The number of rotatable bonds is 4. The lowest BCUT2D eigenvalue weighted by atomic mass is 10.2. The lowest BCUT2D eigenvalue weighted by molar-refractivity contribution is -0.162. The van der Waals surface area contributed by atoms with Gasteiger partial charge >= 0.3 is 22.7 Å². The predicted molar refractivity (Wildman–Crippen MR) is 73.2 cm³/mol. The number of methoxy groups -OCH3 is 1. The SMILES string of the molecule is COC(=O)c1cccc2nc(C(F)(F)Cl)n(OC(=O)C(F)(F)Cl)c12. The second-order valence-corrected chi connectivity index (χ2v) is 5.22. The van der Waals surface area contributed by atoms with Crippen LogP contribution >= 0.6 is 23.2 Å². The zero-order chi connectivity index (χ0) is 18.3. The molecule has 0 unspecified atom stereocenters. The van der Waals surface area contributed by atoms with Crippen molar-refractivity contribution in [3.8, 4) is 0 Å². The minimum absolute atomic E-state index is 0.0762. The molecule has 0 atom stereocenters. The van der Waals surface area contributed by atoms with E-state index < -0.39 is 34.0 Å².